The number of rotatable bonds is 6. The van der Waals surface area contributed by atoms with Crippen molar-refractivity contribution in [3.8, 4) is 6.07 Å². The second-order valence-electron chi connectivity index (χ2n) is 6.12. The number of aliphatic hydroxyl groups is 1. The van der Waals surface area contributed by atoms with E-state index < -0.39 is 0 Å². The molecule has 24 heavy (non-hydrogen) atoms. The lowest BCUT2D eigenvalue weighted by Gasteiger charge is -2.24. The lowest BCUT2D eigenvalue weighted by molar-refractivity contribution is 0.153. The summed E-state index contributed by atoms with van der Waals surface area (Å²) in [6, 6.07) is 14.3. The molecule has 3 rings (SSSR count). The number of nitrogens with one attached hydrogen (secondary N) is 1. The van der Waals surface area contributed by atoms with Gasteiger partial charge in [-0.25, -0.2) is 4.98 Å². The molecule has 2 N–H and O–H groups in total. The minimum absolute atomic E-state index is 0.233. The zero-order chi connectivity index (χ0) is 16.8. The lowest BCUT2D eigenvalue weighted by Crippen LogP contribution is -2.32. The molecule has 0 spiro atoms. The Hall–Kier alpha value is -2.42. The normalized spacial score (nSPS) is 17.6. The van der Waals surface area contributed by atoms with E-state index >= 15 is 0 Å². The fourth-order valence-corrected chi connectivity index (χ4v) is 3.17. The molecule has 5 nitrogen and oxygen atoms in total. The zero-order valence-electron chi connectivity index (χ0n) is 13.7. The Labute approximate surface area is 142 Å². The van der Waals surface area contributed by atoms with Crippen molar-refractivity contribution in [3.05, 3.63) is 59.4 Å². The summed E-state index contributed by atoms with van der Waals surface area (Å²) in [6.45, 7) is 2.86. The molecule has 0 radical (unpaired) electrons. The first kappa shape index (κ1) is 16.4. The van der Waals surface area contributed by atoms with Gasteiger partial charge in [-0.2, -0.15) is 5.26 Å². The summed E-state index contributed by atoms with van der Waals surface area (Å²) in [7, 11) is 0. The maximum absolute atomic E-state index is 9.49. The first-order chi connectivity index (χ1) is 11.8. The molecule has 2 aromatic rings. The van der Waals surface area contributed by atoms with Crippen LogP contribution in [0.2, 0.25) is 0 Å². The summed E-state index contributed by atoms with van der Waals surface area (Å²) in [6.07, 6.45) is 3.92. The van der Waals surface area contributed by atoms with Gasteiger partial charge in [0.25, 0.3) is 0 Å². The van der Waals surface area contributed by atoms with Gasteiger partial charge in [-0.3, -0.25) is 4.90 Å². The molecule has 1 aromatic heterocycles. The van der Waals surface area contributed by atoms with Crippen LogP contribution in [0.3, 0.4) is 0 Å². The van der Waals surface area contributed by atoms with Gasteiger partial charge in [0.1, 0.15) is 11.8 Å². The van der Waals surface area contributed by atoms with E-state index in [2.05, 4.69) is 33.4 Å². The molecule has 0 bridgehead atoms. The summed E-state index contributed by atoms with van der Waals surface area (Å²) < 4.78 is 0. The third kappa shape index (κ3) is 3.91. The quantitative estimate of drug-likeness (QED) is 0.855. The molecule has 124 valence electrons. The minimum atomic E-state index is 0.233. The number of anilines is 1. The van der Waals surface area contributed by atoms with Crippen molar-refractivity contribution in [1.29, 1.82) is 5.26 Å². The van der Waals surface area contributed by atoms with Crippen LogP contribution in [0.4, 0.5) is 5.69 Å². The van der Waals surface area contributed by atoms with Crippen LogP contribution in [0, 0.1) is 11.3 Å². The second kappa shape index (κ2) is 7.91. The number of hydrogen-bond donors (Lipinski definition) is 2. The Morgan fingerprint density at radius 3 is 2.79 bits per heavy atom. The third-order valence-corrected chi connectivity index (χ3v) is 4.56. The largest absolute Gasteiger partial charge is 0.395 e. The van der Waals surface area contributed by atoms with Gasteiger partial charge in [0, 0.05) is 19.1 Å². The first-order valence-electron chi connectivity index (χ1n) is 8.32. The van der Waals surface area contributed by atoms with Crippen LogP contribution in [0.15, 0.2) is 42.6 Å². The van der Waals surface area contributed by atoms with Crippen molar-refractivity contribution in [3.63, 3.8) is 0 Å². The molecule has 1 aromatic carbocycles. The van der Waals surface area contributed by atoms with E-state index in [1.165, 1.54) is 11.1 Å². The van der Waals surface area contributed by atoms with Crippen molar-refractivity contribution < 1.29 is 5.11 Å². The van der Waals surface area contributed by atoms with Crippen LogP contribution < -0.4 is 5.32 Å². The fraction of sp³-hybridized carbons (Fsp3) is 0.368. The monoisotopic (exact) mass is 322 g/mol. The van der Waals surface area contributed by atoms with Crippen molar-refractivity contribution >= 4 is 5.69 Å². The number of aliphatic hydroxyl groups excluding tert-OH is 1. The van der Waals surface area contributed by atoms with Gasteiger partial charge < -0.3 is 10.4 Å². The molecule has 1 fully saturated rings. The summed E-state index contributed by atoms with van der Waals surface area (Å²) in [5.74, 6) is 0. The molecule has 1 atom stereocenters. The van der Waals surface area contributed by atoms with Gasteiger partial charge in [0.15, 0.2) is 0 Å². The molecule has 0 unspecified atom stereocenters. The van der Waals surface area contributed by atoms with E-state index in [1.807, 2.05) is 18.2 Å². The molecule has 1 aliphatic rings. The predicted molar refractivity (Wildman–Crippen MR) is 93.2 cm³/mol. The van der Waals surface area contributed by atoms with Crippen molar-refractivity contribution in [2.75, 3.05) is 18.5 Å². The molecule has 0 aliphatic carbocycles. The molecule has 0 saturated carbocycles. The maximum atomic E-state index is 9.49. The molecule has 2 heterocycles. The third-order valence-electron chi connectivity index (χ3n) is 4.56. The summed E-state index contributed by atoms with van der Waals surface area (Å²) in [4.78, 5) is 6.44. The number of likely N-dealkylation sites (tertiary alicyclic amines) is 1. The molecule has 5 heteroatoms. The molecular formula is C19H22N4O. The summed E-state index contributed by atoms with van der Waals surface area (Å²) >= 11 is 0. The smallest absolute Gasteiger partial charge is 0.140 e. The van der Waals surface area contributed by atoms with E-state index in [9.17, 15) is 5.11 Å². The highest BCUT2D eigenvalue weighted by Gasteiger charge is 2.24. The van der Waals surface area contributed by atoms with Crippen molar-refractivity contribution in [2.45, 2.75) is 32.0 Å². The number of aromatic nitrogens is 1. The minimum Gasteiger partial charge on any atom is -0.395 e. The van der Waals surface area contributed by atoms with Crippen molar-refractivity contribution in [1.82, 2.24) is 9.88 Å². The van der Waals surface area contributed by atoms with Gasteiger partial charge in [0.05, 0.1) is 18.5 Å². The number of benzene rings is 1. The summed E-state index contributed by atoms with van der Waals surface area (Å²) in [5.41, 5.74) is 3.85. The van der Waals surface area contributed by atoms with Gasteiger partial charge in [0.2, 0.25) is 0 Å². The van der Waals surface area contributed by atoms with Crippen LogP contribution in [-0.4, -0.2) is 34.2 Å². The van der Waals surface area contributed by atoms with Crippen LogP contribution in [0.1, 0.15) is 29.7 Å². The average Bonchev–Trinajstić information content (AvgIpc) is 3.08. The Morgan fingerprint density at radius 2 is 2.08 bits per heavy atom. The van der Waals surface area contributed by atoms with E-state index in [-0.39, 0.29) is 12.6 Å². The number of hydrogen-bond acceptors (Lipinski definition) is 5. The standard InChI is InChI=1S/C19H22N4O/c20-10-17-7-8-18(12-22-17)21-11-15-4-1-2-5-16(15)13-23-9-3-6-19(23)14-24/h1-2,4-5,7-8,12,19,21,24H,3,6,9,11,13-14H2/t19-/m1/s1. The second-order valence-corrected chi connectivity index (χ2v) is 6.12. The number of pyridine rings is 1. The highest BCUT2D eigenvalue weighted by molar-refractivity contribution is 5.44. The van der Waals surface area contributed by atoms with Crippen LogP contribution in [-0.2, 0) is 13.1 Å². The van der Waals surface area contributed by atoms with Crippen molar-refractivity contribution in [2.24, 2.45) is 0 Å². The highest BCUT2D eigenvalue weighted by Crippen LogP contribution is 2.22. The SMILES string of the molecule is N#Cc1ccc(NCc2ccccc2CN2CCC[C@@H]2CO)cn1. The fourth-order valence-electron chi connectivity index (χ4n) is 3.17. The molecule has 0 amide bonds. The van der Waals surface area contributed by atoms with Crippen LogP contribution in [0.25, 0.3) is 0 Å². The Balaban J connectivity index is 1.66. The lowest BCUT2D eigenvalue weighted by atomic mass is 10.1. The van der Waals surface area contributed by atoms with Crippen LogP contribution in [0.5, 0.6) is 0 Å². The maximum Gasteiger partial charge on any atom is 0.140 e. The van der Waals surface area contributed by atoms with E-state index in [1.54, 1.807) is 12.3 Å². The van der Waals surface area contributed by atoms with Gasteiger partial charge >= 0.3 is 0 Å². The molecule has 1 saturated heterocycles. The predicted octanol–water partition coefficient (Wildman–Crippen LogP) is 2.52. The molecule has 1 aliphatic heterocycles. The Kier molecular flexibility index (Phi) is 5.42. The highest BCUT2D eigenvalue weighted by atomic mass is 16.3. The van der Waals surface area contributed by atoms with Gasteiger partial charge in [-0.1, -0.05) is 24.3 Å². The van der Waals surface area contributed by atoms with E-state index in [4.69, 9.17) is 5.26 Å². The zero-order valence-corrected chi connectivity index (χ0v) is 13.7. The average molecular weight is 322 g/mol. The van der Waals surface area contributed by atoms with E-state index in [0.717, 1.165) is 31.6 Å². The Morgan fingerprint density at radius 1 is 1.25 bits per heavy atom. The molecular weight excluding hydrogens is 300 g/mol. The van der Waals surface area contributed by atoms with Crippen LogP contribution >= 0.6 is 0 Å². The topological polar surface area (TPSA) is 72.2 Å². The summed E-state index contributed by atoms with van der Waals surface area (Å²) in [5, 5.41) is 21.7. The van der Waals surface area contributed by atoms with Gasteiger partial charge in [-0.05, 0) is 42.6 Å². The number of nitriles is 1. The van der Waals surface area contributed by atoms with Gasteiger partial charge in [-0.15, -0.1) is 0 Å². The first-order valence-corrected chi connectivity index (χ1v) is 8.32. The number of nitrogens with zero attached hydrogens (tertiary/aromatic N) is 3. The Bertz CT molecular complexity index is 708. The van der Waals surface area contributed by atoms with E-state index in [0.29, 0.717) is 12.2 Å².